The van der Waals surface area contributed by atoms with Crippen LogP contribution in [0.4, 0.5) is 0 Å². The third kappa shape index (κ3) is 5.58. The molecule has 0 aromatic heterocycles. The van der Waals surface area contributed by atoms with Gasteiger partial charge in [-0.1, -0.05) is 32.1 Å². The van der Waals surface area contributed by atoms with Crippen molar-refractivity contribution in [3.8, 4) is 0 Å². The molecule has 0 heterocycles. The van der Waals surface area contributed by atoms with Crippen molar-refractivity contribution in [2.45, 2.75) is 58.2 Å². The third-order valence-electron chi connectivity index (χ3n) is 3.69. The van der Waals surface area contributed by atoms with Crippen molar-refractivity contribution in [1.82, 2.24) is 0 Å². The summed E-state index contributed by atoms with van der Waals surface area (Å²) in [7, 11) is -0.123. The van der Waals surface area contributed by atoms with E-state index >= 15 is 0 Å². The van der Waals surface area contributed by atoms with E-state index in [4.69, 9.17) is 9.47 Å². The van der Waals surface area contributed by atoms with Gasteiger partial charge in [0, 0.05) is 6.61 Å². The van der Waals surface area contributed by atoms with Crippen LogP contribution in [0.5, 0.6) is 0 Å². The predicted molar refractivity (Wildman–Crippen MR) is 74.3 cm³/mol. The molecule has 1 aliphatic carbocycles. The van der Waals surface area contributed by atoms with E-state index in [1.165, 1.54) is 19.3 Å². The lowest BCUT2D eigenvalue weighted by molar-refractivity contribution is -0.152. The van der Waals surface area contributed by atoms with Crippen molar-refractivity contribution < 1.29 is 18.8 Å². The number of esters is 1. The van der Waals surface area contributed by atoms with Crippen LogP contribution in [-0.4, -0.2) is 25.0 Å². The van der Waals surface area contributed by atoms with Gasteiger partial charge in [0.05, 0.1) is 12.5 Å². The van der Waals surface area contributed by atoms with Crippen molar-refractivity contribution >= 4 is 14.4 Å². The summed E-state index contributed by atoms with van der Waals surface area (Å²) < 4.78 is 21.8. The molecule has 0 radical (unpaired) electrons. The van der Waals surface area contributed by atoms with E-state index in [0.717, 1.165) is 19.3 Å². The van der Waals surface area contributed by atoms with E-state index in [2.05, 4.69) is 0 Å². The van der Waals surface area contributed by atoms with Crippen molar-refractivity contribution in [2.24, 2.45) is 11.8 Å². The fraction of sp³-hybridized carbons (Fsp3) is 0.929. The van der Waals surface area contributed by atoms with Crippen LogP contribution < -0.4 is 0 Å². The summed E-state index contributed by atoms with van der Waals surface area (Å²) in [6.07, 6.45) is 6.80. The molecule has 1 rings (SSSR count). The number of ether oxygens (including phenoxy) is 2. The molecular weight excluding hydrogens is 263 g/mol. The largest absolute Gasteiger partial charge is 0.466 e. The zero-order valence-corrected chi connectivity index (χ0v) is 12.9. The van der Waals surface area contributed by atoms with Gasteiger partial charge in [0.1, 0.15) is 0 Å². The molecule has 0 bridgehead atoms. The van der Waals surface area contributed by atoms with E-state index in [-0.39, 0.29) is 14.4 Å². The van der Waals surface area contributed by atoms with Crippen LogP contribution in [0.15, 0.2) is 0 Å². The molecule has 0 aromatic carbocycles. The second kappa shape index (κ2) is 9.44. The fourth-order valence-corrected chi connectivity index (χ4v) is 3.35. The van der Waals surface area contributed by atoms with Crippen LogP contribution in [0.25, 0.3) is 0 Å². The van der Waals surface area contributed by atoms with Gasteiger partial charge in [-0.05, 0) is 26.2 Å². The zero-order valence-electron chi connectivity index (χ0n) is 12.0. The van der Waals surface area contributed by atoms with Gasteiger partial charge in [0.15, 0.2) is 14.3 Å². The smallest absolute Gasteiger partial charge is 0.312 e. The molecule has 4 nitrogen and oxygen atoms in total. The van der Waals surface area contributed by atoms with Gasteiger partial charge in [-0.3, -0.25) is 9.36 Å². The van der Waals surface area contributed by atoms with Gasteiger partial charge in [0.2, 0.25) is 0 Å². The molecule has 1 saturated carbocycles. The average Bonchev–Trinajstić information content (AvgIpc) is 2.44. The van der Waals surface area contributed by atoms with Crippen LogP contribution in [-0.2, 0) is 18.8 Å². The standard InChI is InChI=1S/C14H25O4P/c1-3-17-13(15)12(14(19-16)18-4-2)10-11-8-6-5-7-9-11/h11-12,14H,3-10H2,1-2H3. The Hall–Kier alpha value is -0.470. The molecule has 0 aromatic rings. The monoisotopic (exact) mass is 288 g/mol. The lowest BCUT2D eigenvalue weighted by atomic mass is 9.83. The summed E-state index contributed by atoms with van der Waals surface area (Å²) in [4.78, 5) is 12.0. The van der Waals surface area contributed by atoms with Crippen LogP contribution in [0, 0.1) is 11.8 Å². The molecule has 2 unspecified atom stereocenters. The molecule has 1 fully saturated rings. The van der Waals surface area contributed by atoms with Crippen molar-refractivity contribution in [3.05, 3.63) is 0 Å². The van der Waals surface area contributed by atoms with Crippen LogP contribution in [0.2, 0.25) is 0 Å². The number of rotatable bonds is 8. The first-order chi connectivity index (χ1) is 9.22. The third-order valence-corrected chi connectivity index (χ3v) is 4.40. The molecule has 5 heteroatoms. The highest BCUT2D eigenvalue weighted by molar-refractivity contribution is 7.24. The first-order valence-electron chi connectivity index (χ1n) is 7.33. The first kappa shape index (κ1) is 16.6. The maximum atomic E-state index is 12.0. The minimum absolute atomic E-state index is 0.123. The van der Waals surface area contributed by atoms with Gasteiger partial charge >= 0.3 is 5.97 Å². The molecule has 1 aliphatic rings. The lowest BCUT2D eigenvalue weighted by Crippen LogP contribution is -2.31. The van der Waals surface area contributed by atoms with Gasteiger partial charge < -0.3 is 9.47 Å². The van der Waals surface area contributed by atoms with Gasteiger partial charge in [0.25, 0.3) is 0 Å². The van der Waals surface area contributed by atoms with Gasteiger partial charge in [-0.2, -0.15) is 0 Å². The Morgan fingerprint density at radius 1 is 1.21 bits per heavy atom. The SMILES string of the molecule is CCOC(=O)C(CC1CCCCC1)C(OCC)P=O. The van der Waals surface area contributed by atoms with Crippen LogP contribution >= 0.6 is 8.46 Å². The number of hydrogen-bond donors (Lipinski definition) is 0. The number of carbonyl (C=O) groups is 1. The summed E-state index contributed by atoms with van der Waals surface area (Å²) in [5.41, 5.74) is 0. The molecule has 0 amide bonds. The zero-order chi connectivity index (χ0) is 14.1. The van der Waals surface area contributed by atoms with Gasteiger partial charge in [-0.15, -0.1) is 0 Å². The topological polar surface area (TPSA) is 52.6 Å². The van der Waals surface area contributed by atoms with Crippen molar-refractivity contribution in [3.63, 3.8) is 0 Å². The normalized spacial score (nSPS) is 20.1. The fourth-order valence-electron chi connectivity index (χ4n) is 2.75. The molecule has 0 spiro atoms. The summed E-state index contributed by atoms with van der Waals surface area (Å²) >= 11 is 0. The number of hydrogen-bond acceptors (Lipinski definition) is 4. The number of carbonyl (C=O) groups excluding carboxylic acids is 1. The highest BCUT2D eigenvalue weighted by Crippen LogP contribution is 2.33. The highest BCUT2D eigenvalue weighted by Gasteiger charge is 2.33. The molecule has 2 atom stereocenters. The van der Waals surface area contributed by atoms with E-state index in [9.17, 15) is 9.36 Å². The summed E-state index contributed by atoms with van der Waals surface area (Å²) in [5.74, 6) is -0.698. The van der Waals surface area contributed by atoms with E-state index in [1.807, 2.05) is 6.92 Å². The minimum atomic E-state index is -0.564. The van der Waals surface area contributed by atoms with Crippen molar-refractivity contribution in [1.29, 1.82) is 0 Å². The highest BCUT2D eigenvalue weighted by atomic mass is 31.1. The Kier molecular flexibility index (Phi) is 8.24. The average molecular weight is 288 g/mol. The van der Waals surface area contributed by atoms with E-state index in [1.54, 1.807) is 6.92 Å². The molecular formula is C14H25O4P. The van der Waals surface area contributed by atoms with E-state index < -0.39 is 11.8 Å². The quantitative estimate of drug-likeness (QED) is 0.503. The summed E-state index contributed by atoms with van der Waals surface area (Å²) in [6, 6.07) is 0. The minimum Gasteiger partial charge on any atom is -0.466 e. The lowest BCUT2D eigenvalue weighted by Gasteiger charge is -2.27. The molecule has 0 N–H and O–H groups in total. The first-order valence-corrected chi connectivity index (χ1v) is 8.21. The Morgan fingerprint density at radius 3 is 2.42 bits per heavy atom. The molecule has 19 heavy (non-hydrogen) atoms. The maximum absolute atomic E-state index is 12.0. The Balaban J connectivity index is 2.65. The van der Waals surface area contributed by atoms with Crippen LogP contribution in [0.3, 0.4) is 0 Å². The molecule has 0 aliphatic heterocycles. The molecule has 110 valence electrons. The maximum Gasteiger partial charge on any atom is 0.312 e. The second-order valence-corrected chi connectivity index (χ2v) is 5.77. The van der Waals surface area contributed by atoms with Crippen LogP contribution in [0.1, 0.15) is 52.4 Å². The Morgan fingerprint density at radius 2 is 1.89 bits per heavy atom. The second-order valence-electron chi connectivity index (χ2n) is 5.05. The molecule has 0 saturated heterocycles. The summed E-state index contributed by atoms with van der Waals surface area (Å²) in [6.45, 7) is 4.45. The van der Waals surface area contributed by atoms with Gasteiger partial charge in [-0.25, -0.2) is 0 Å². The Bertz CT molecular complexity index is 277. The van der Waals surface area contributed by atoms with Crippen molar-refractivity contribution in [2.75, 3.05) is 13.2 Å². The summed E-state index contributed by atoms with van der Waals surface area (Å²) in [5, 5.41) is 0. The van der Waals surface area contributed by atoms with E-state index in [0.29, 0.717) is 19.1 Å². The predicted octanol–water partition coefficient (Wildman–Crippen LogP) is 3.79. The Labute approximate surface area is 117 Å².